The molecule has 2 rings (SSSR count). The molecule has 0 fully saturated rings. The smallest absolute Gasteiger partial charge is 0.372 e. The molecule has 0 saturated carbocycles. The molecular weight excluding hydrogens is 272 g/mol. The first-order valence-electron chi connectivity index (χ1n) is 6.40. The number of hydrogen-bond acceptors (Lipinski definition) is 4. The first-order chi connectivity index (χ1) is 9.95. The molecule has 0 spiro atoms. The Kier molecular flexibility index (Phi) is 4.27. The van der Waals surface area contributed by atoms with Crippen LogP contribution in [0.5, 0.6) is 0 Å². The van der Waals surface area contributed by atoms with Crippen LogP contribution in [0.3, 0.4) is 0 Å². The van der Waals surface area contributed by atoms with Gasteiger partial charge in [-0.05, 0) is 37.3 Å². The van der Waals surface area contributed by atoms with Crippen LogP contribution >= 0.6 is 0 Å². The summed E-state index contributed by atoms with van der Waals surface area (Å²) in [6.07, 6.45) is 0. The zero-order valence-electron chi connectivity index (χ0n) is 11.8. The molecule has 2 aromatic rings. The standard InChI is InChI=1S/C15H16N2O4/c1-9-7-13(21-14(9)15(19)20)8-16-11-3-5-12(6-4-11)17-10(2)18/h3-7,16H,8H2,1-2H3,(H,17,18)(H,19,20). The fourth-order valence-corrected chi connectivity index (χ4v) is 1.91. The second-order valence-electron chi connectivity index (χ2n) is 4.64. The number of carboxylic acid groups (broad SMARTS) is 1. The fraction of sp³-hybridized carbons (Fsp3) is 0.200. The summed E-state index contributed by atoms with van der Waals surface area (Å²) >= 11 is 0. The van der Waals surface area contributed by atoms with Gasteiger partial charge in [-0.15, -0.1) is 0 Å². The molecular formula is C15H16N2O4. The summed E-state index contributed by atoms with van der Waals surface area (Å²) in [5, 5.41) is 14.7. The van der Waals surface area contributed by atoms with E-state index in [1.54, 1.807) is 25.1 Å². The summed E-state index contributed by atoms with van der Waals surface area (Å²) in [5.74, 6) is -0.676. The van der Waals surface area contributed by atoms with E-state index in [9.17, 15) is 9.59 Å². The maximum Gasteiger partial charge on any atom is 0.372 e. The molecule has 1 heterocycles. The lowest BCUT2D eigenvalue weighted by Crippen LogP contribution is -2.05. The van der Waals surface area contributed by atoms with Gasteiger partial charge in [0.1, 0.15) is 5.76 Å². The molecule has 0 unspecified atom stereocenters. The number of amides is 1. The van der Waals surface area contributed by atoms with E-state index in [-0.39, 0.29) is 11.7 Å². The SMILES string of the molecule is CC(=O)Nc1ccc(NCc2cc(C)c(C(=O)O)o2)cc1. The minimum atomic E-state index is -1.07. The molecule has 0 bridgehead atoms. The number of aryl methyl sites for hydroxylation is 1. The Bertz CT molecular complexity index is 659. The predicted molar refractivity (Wildman–Crippen MR) is 78.5 cm³/mol. The number of benzene rings is 1. The van der Waals surface area contributed by atoms with Crippen LogP contribution in [0, 0.1) is 6.92 Å². The van der Waals surface area contributed by atoms with Gasteiger partial charge < -0.3 is 20.2 Å². The number of carboxylic acids is 1. The Hall–Kier alpha value is -2.76. The summed E-state index contributed by atoms with van der Waals surface area (Å²) in [6, 6.07) is 8.89. The maximum atomic E-state index is 10.9. The largest absolute Gasteiger partial charge is 0.475 e. The number of carbonyl (C=O) groups is 2. The van der Waals surface area contributed by atoms with Crippen LogP contribution in [0.25, 0.3) is 0 Å². The summed E-state index contributed by atoms with van der Waals surface area (Å²) in [4.78, 5) is 21.8. The lowest BCUT2D eigenvalue weighted by Gasteiger charge is -2.06. The van der Waals surface area contributed by atoms with Crippen molar-refractivity contribution in [2.24, 2.45) is 0 Å². The molecule has 0 aliphatic carbocycles. The molecule has 6 nitrogen and oxygen atoms in total. The van der Waals surface area contributed by atoms with Crippen molar-refractivity contribution in [2.45, 2.75) is 20.4 Å². The van der Waals surface area contributed by atoms with Crippen molar-refractivity contribution >= 4 is 23.3 Å². The minimum absolute atomic E-state index is 0.0344. The monoisotopic (exact) mass is 288 g/mol. The lowest BCUT2D eigenvalue weighted by atomic mass is 10.2. The summed E-state index contributed by atoms with van der Waals surface area (Å²) in [7, 11) is 0. The van der Waals surface area contributed by atoms with Crippen LogP contribution in [0.15, 0.2) is 34.7 Å². The number of anilines is 2. The average molecular weight is 288 g/mol. The van der Waals surface area contributed by atoms with Crippen LogP contribution < -0.4 is 10.6 Å². The summed E-state index contributed by atoms with van der Waals surface area (Å²) in [6.45, 7) is 3.53. The van der Waals surface area contributed by atoms with Crippen molar-refractivity contribution in [1.29, 1.82) is 0 Å². The quantitative estimate of drug-likeness (QED) is 0.787. The molecule has 6 heteroatoms. The Labute approximate surface area is 121 Å². The van der Waals surface area contributed by atoms with Crippen LogP contribution in [-0.4, -0.2) is 17.0 Å². The highest BCUT2D eigenvalue weighted by Crippen LogP contribution is 2.18. The van der Waals surface area contributed by atoms with Crippen molar-refractivity contribution in [3.8, 4) is 0 Å². The van der Waals surface area contributed by atoms with Gasteiger partial charge in [-0.3, -0.25) is 4.79 Å². The third-order valence-electron chi connectivity index (χ3n) is 2.84. The van der Waals surface area contributed by atoms with Gasteiger partial charge in [0.25, 0.3) is 0 Å². The van der Waals surface area contributed by atoms with Gasteiger partial charge >= 0.3 is 5.97 Å². The van der Waals surface area contributed by atoms with Gasteiger partial charge in [-0.2, -0.15) is 0 Å². The molecule has 1 amide bonds. The van der Waals surface area contributed by atoms with Crippen LogP contribution in [0.4, 0.5) is 11.4 Å². The zero-order valence-corrected chi connectivity index (χ0v) is 11.8. The number of aromatic carboxylic acids is 1. The number of carbonyl (C=O) groups excluding carboxylic acids is 1. The molecule has 1 aromatic carbocycles. The van der Waals surface area contributed by atoms with E-state index in [4.69, 9.17) is 9.52 Å². The number of nitrogens with one attached hydrogen (secondary N) is 2. The van der Waals surface area contributed by atoms with Crippen molar-refractivity contribution < 1.29 is 19.1 Å². The second kappa shape index (κ2) is 6.13. The van der Waals surface area contributed by atoms with Gasteiger partial charge in [-0.25, -0.2) is 4.79 Å². The molecule has 0 aliphatic rings. The van der Waals surface area contributed by atoms with Crippen molar-refractivity contribution in [2.75, 3.05) is 10.6 Å². The highest BCUT2D eigenvalue weighted by atomic mass is 16.4. The van der Waals surface area contributed by atoms with E-state index >= 15 is 0 Å². The van der Waals surface area contributed by atoms with Crippen LogP contribution in [0.2, 0.25) is 0 Å². The third-order valence-corrected chi connectivity index (χ3v) is 2.84. The van der Waals surface area contributed by atoms with Crippen molar-refractivity contribution in [3.63, 3.8) is 0 Å². The first kappa shape index (κ1) is 14.6. The Morgan fingerprint density at radius 3 is 2.33 bits per heavy atom. The molecule has 0 atom stereocenters. The van der Waals surface area contributed by atoms with Crippen molar-refractivity contribution in [1.82, 2.24) is 0 Å². The van der Waals surface area contributed by atoms with E-state index in [1.807, 2.05) is 12.1 Å². The molecule has 0 aliphatic heterocycles. The van der Waals surface area contributed by atoms with Gasteiger partial charge in [0.2, 0.25) is 11.7 Å². The second-order valence-corrected chi connectivity index (χ2v) is 4.64. The van der Waals surface area contributed by atoms with E-state index < -0.39 is 5.97 Å². The number of hydrogen-bond donors (Lipinski definition) is 3. The van der Waals surface area contributed by atoms with Gasteiger partial charge in [-0.1, -0.05) is 0 Å². The molecule has 0 radical (unpaired) electrons. The van der Waals surface area contributed by atoms with Crippen LogP contribution in [0.1, 0.15) is 28.8 Å². The predicted octanol–water partition coefficient (Wildman–Crippen LogP) is 2.86. The number of rotatable bonds is 5. The summed E-state index contributed by atoms with van der Waals surface area (Å²) in [5.41, 5.74) is 2.16. The maximum absolute atomic E-state index is 10.9. The van der Waals surface area contributed by atoms with Gasteiger partial charge in [0.05, 0.1) is 6.54 Å². The average Bonchev–Trinajstić information content (AvgIpc) is 2.79. The van der Waals surface area contributed by atoms with E-state index in [2.05, 4.69) is 10.6 Å². The molecule has 3 N–H and O–H groups in total. The van der Waals surface area contributed by atoms with Gasteiger partial charge in [0, 0.05) is 23.9 Å². The van der Waals surface area contributed by atoms with E-state index in [0.717, 1.165) is 11.4 Å². The first-order valence-corrected chi connectivity index (χ1v) is 6.40. The van der Waals surface area contributed by atoms with Crippen molar-refractivity contribution in [3.05, 3.63) is 47.4 Å². The Morgan fingerprint density at radius 2 is 1.81 bits per heavy atom. The molecule has 110 valence electrons. The molecule has 0 saturated heterocycles. The minimum Gasteiger partial charge on any atom is -0.475 e. The lowest BCUT2D eigenvalue weighted by molar-refractivity contribution is -0.114. The normalized spacial score (nSPS) is 10.2. The zero-order chi connectivity index (χ0) is 15.4. The Balaban J connectivity index is 1.98. The highest BCUT2D eigenvalue weighted by Gasteiger charge is 2.13. The van der Waals surface area contributed by atoms with E-state index in [0.29, 0.717) is 17.9 Å². The number of furan rings is 1. The van der Waals surface area contributed by atoms with Gasteiger partial charge in [0.15, 0.2) is 0 Å². The van der Waals surface area contributed by atoms with E-state index in [1.165, 1.54) is 6.92 Å². The fourth-order valence-electron chi connectivity index (χ4n) is 1.91. The molecule has 21 heavy (non-hydrogen) atoms. The summed E-state index contributed by atoms with van der Waals surface area (Å²) < 4.78 is 5.25. The van der Waals surface area contributed by atoms with Crippen LogP contribution in [-0.2, 0) is 11.3 Å². The molecule has 1 aromatic heterocycles. The third kappa shape index (κ3) is 3.85. The Morgan fingerprint density at radius 1 is 1.19 bits per heavy atom. The topological polar surface area (TPSA) is 91.6 Å². The highest BCUT2D eigenvalue weighted by molar-refractivity contribution is 5.88.